The summed E-state index contributed by atoms with van der Waals surface area (Å²) in [6.45, 7) is 1.46. The maximum absolute atomic E-state index is 12.8. The second kappa shape index (κ2) is 6.04. The Morgan fingerprint density at radius 2 is 1.81 bits per heavy atom. The fourth-order valence-corrected chi connectivity index (χ4v) is 2.83. The topological polar surface area (TPSA) is 33.2 Å². The first kappa shape index (κ1) is 13.7. The highest BCUT2D eigenvalue weighted by Crippen LogP contribution is 2.28. The molecule has 0 bridgehead atoms. The molecule has 3 nitrogen and oxygen atoms in total. The number of nitrogens with zero attached hydrogens (tertiary/aromatic N) is 2. The fourth-order valence-electron chi connectivity index (χ4n) is 2.83. The van der Waals surface area contributed by atoms with Crippen molar-refractivity contribution in [3.05, 3.63) is 65.7 Å². The molecule has 0 spiro atoms. The molecule has 1 amide bonds. The molecular formula is C17H17FN2O. The first-order chi connectivity index (χ1) is 10.2. The molecule has 1 aromatic heterocycles. The maximum atomic E-state index is 12.8. The molecule has 108 valence electrons. The van der Waals surface area contributed by atoms with Gasteiger partial charge in [0.05, 0.1) is 5.56 Å². The average molecular weight is 284 g/mol. The highest BCUT2D eigenvalue weighted by molar-refractivity contribution is 5.93. The van der Waals surface area contributed by atoms with E-state index in [0.717, 1.165) is 25.9 Å². The first-order valence-corrected chi connectivity index (χ1v) is 7.20. The molecule has 1 aliphatic rings. The Morgan fingerprint density at radius 1 is 1.10 bits per heavy atom. The molecule has 1 aromatic carbocycles. The highest BCUT2D eigenvalue weighted by Gasteiger charge is 2.24. The Balaban J connectivity index is 1.63. The van der Waals surface area contributed by atoms with Crippen molar-refractivity contribution in [3.8, 4) is 0 Å². The van der Waals surface area contributed by atoms with Crippen molar-refractivity contribution in [1.29, 1.82) is 0 Å². The largest absolute Gasteiger partial charge is 0.339 e. The van der Waals surface area contributed by atoms with E-state index >= 15 is 0 Å². The molecule has 1 aliphatic heterocycles. The molecule has 21 heavy (non-hydrogen) atoms. The van der Waals surface area contributed by atoms with Gasteiger partial charge < -0.3 is 4.90 Å². The number of carbonyl (C=O) groups excluding carboxylic acids is 1. The zero-order valence-corrected chi connectivity index (χ0v) is 11.7. The number of likely N-dealkylation sites (tertiary alicyclic amines) is 1. The van der Waals surface area contributed by atoms with Gasteiger partial charge in [-0.1, -0.05) is 30.3 Å². The van der Waals surface area contributed by atoms with Crippen LogP contribution in [0.2, 0.25) is 0 Å². The summed E-state index contributed by atoms with van der Waals surface area (Å²) in [5.41, 5.74) is 1.79. The van der Waals surface area contributed by atoms with E-state index in [0.29, 0.717) is 11.5 Å². The van der Waals surface area contributed by atoms with E-state index in [4.69, 9.17) is 0 Å². The molecule has 0 saturated carbocycles. The van der Waals surface area contributed by atoms with E-state index in [2.05, 4.69) is 29.2 Å². The van der Waals surface area contributed by atoms with Crippen LogP contribution in [0.25, 0.3) is 0 Å². The smallest absolute Gasteiger partial charge is 0.255 e. The Morgan fingerprint density at radius 3 is 2.43 bits per heavy atom. The van der Waals surface area contributed by atoms with E-state index in [9.17, 15) is 9.18 Å². The van der Waals surface area contributed by atoms with Gasteiger partial charge in [-0.3, -0.25) is 4.79 Å². The van der Waals surface area contributed by atoms with Crippen molar-refractivity contribution < 1.29 is 9.18 Å². The van der Waals surface area contributed by atoms with Crippen LogP contribution in [0.5, 0.6) is 0 Å². The van der Waals surface area contributed by atoms with Crippen LogP contribution in [-0.4, -0.2) is 28.9 Å². The number of benzene rings is 1. The number of rotatable bonds is 2. The zero-order chi connectivity index (χ0) is 14.7. The minimum absolute atomic E-state index is 0.0611. The molecule has 4 heteroatoms. The fraction of sp³-hybridized carbons (Fsp3) is 0.294. The lowest BCUT2D eigenvalue weighted by Gasteiger charge is -2.32. The van der Waals surface area contributed by atoms with E-state index in [-0.39, 0.29) is 5.91 Å². The van der Waals surface area contributed by atoms with Crippen LogP contribution in [0, 0.1) is 5.95 Å². The van der Waals surface area contributed by atoms with Crippen molar-refractivity contribution in [3.63, 3.8) is 0 Å². The molecular weight excluding hydrogens is 267 g/mol. The third-order valence-electron chi connectivity index (χ3n) is 4.03. The summed E-state index contributed by atoms with van der Waals surface area (Å²) in [6.07, 6.45) is 3.23. The van der Waals surface area contributed by atoms with Crippen LogP contribution >= 0.6 is 0 Å². The van der Waals surface area contributed by atoms with Crippen LogP contribution in [0.1, 0.15) is 34.7 Å². The van der Waals surface area contributed by atoms with Crippen molar-refractivity contribution >= 4 is 5.91 Å². The van der Waals surface area contributed by atoms with Crippen LogP contribution < -0.4 is 0 Å². The molecule has 0 N–H and O–H groups in total. The number of aromatic nitrogens is 1. The average Bonchev–Trinajstić information content (AvgIpc) is 2.56. The van der Waals surface area contributed by atoms with E-state index in [1.807, 2.05) is 11.0 Å². The predicted octanol–water partition coefficient (Wildman–Crippen LogP) is 3.24. The standard InChI is InChI=1S/C17H17FN2O/c18-16-7-6-15(12-19-16)17(21)20-10-8-14(9-11-20)13-4-2-1-3-5-13/h1-7,12,14H,8-11H2. The number of hydrogen-bond donors (Lipinski definition) is 0. The van der Waals surface area contributed by atoms with Crippen LogP contribution in [0.3, 0.4) is 0 Å². The van der Waals surface area contributed by atoms with Gasteiger partial charge in [-0.05, 0) is 36.5 Å². The van der Waals surface area contributed by atoms with E-state index in [1.54, 1.807) is 0 Å². The third-order valence-corrected chi connectivity index (χ3v) is 4.03. The number of piperidine rings is 1. The van der Waals surface area contributed by atoms with Crippen molar-refractivity contribution in [2.45, 2.75) is 18.8 Å². The Hall–Kier alpha value is -2.23. The molecule has 0 unspecified atom stereocenters. The highest BCUT2D eigenvalue weighted by atomic mass is 19.1. The predicted molar refractivity (Wildman–Crippen MR) is 78.5 cm³/mol. The first-order valence-electron chi connectivity index (χ1n) is 7.20. The Labute approximate surface area is 123 Å². The summed E-state index contributed by atoms with van der Waals surface area (Å²) < 4.78 is 12.8. The monoisotopic (exact) mass is 284 g/mol. The SMILES string of the molecule is O=C(c1ccc(F)nc1)N1CCC(c2ccccc2)CC1. The van der Waals surface area contributed by atoms with Gasteiger partial charge in [0.2, 0.25) is 5.95 Å². The van der Waals surface area contributed by atoms with Gasteiger partial charge >= 0.3 is 0 Å². The Bertz CT molecular complexity index is 604. The van der Waals surface area contributed by atoms with Gasteiger partial charge in [0.15, 0.2) is 0 Å². The molecule has 0 atom stereocenters. The molecule has 1 saturated heterocycles. The zero-order valence-electron chi connectivity index (χ0n) is 11.7. The number of halogens is 1. The van der Waals surface area contributed by atoms with Gasteiger partial charge in [-0.15, -0.1) is 0 Å². The summed E-state index contributed by atoms with van der Waals surface area (Å²) in [6, 6.07) is 13.1. The lowest BCUT2D eigenvalue weighted by atomic mass is 9.89. The lowest BCUT2D eigenvalue weighted by molar-refractivity contribution is 0.0712. The minimum atomic E-state index is -0.561. The van der Waals surface area contributed by atoms with Gasteiger partial charge in [-0.25, -0.2) is 4.98 Å². The summed E-state index contributed by atoms with van der Waals surface area (Å²) in [7, 11) is 0. The van der Waals surface area contributed by atoms with E-state index < -0.39 is 5.95 Å². The van der Waals surface area contributed by atoms with Gasteiger partial charge in [0.25, 0.3) is 5.91 Å². The minimum Gasteiger partial charge on any atom is -0.339 e. The molecule has 2 heterocycles. The lowest BCUT2D eigenvalue weighted by Crippen LogP contribution is -2.38. The van der Waals surface area contributed by atoms with Crippen molar-refractivity contribution in [2.75, 3.05) is 13.1 Å². The second-order valence-electron chi connectivity index (χ2n) is 5.35. The molecule has 0 aliphatic carbocycles. The number of amides is 1. The summed E-state index contributed by atoms with van der Waals surface area (Å²) in [5, 5.41) is 0. The molecule has 1 fully saturated rings. The molecule has 2 aromatic rings. The summed E-state index contributed by atoms with van der Waals surface area (Å²) >= 11 is 0. The molecule has 0 radical (unpaired) electrons. The number of pyridine rings is 1. The van der Waals surface area contributed by atoms with Crippen LogP contribution in [0.15, 0.2) is 48.7 Å². The summed E-state index contributed by atoms with van der Waals surface area (Å²) in [5.74, 6) is -0.107. The maximum Gasteiger partial charge on any atom is 0.255 e. The number of hydrogen-bond acceptors (Lipinski definition) is 2. The van der Waals surface area contributed by atoms with Crippen LogP contribution in [-0.2, 0) is 0 Å². The quantitative estimate of drug-likeness (QED) is 0.793. The van der Waals surface area contributed by atoms with Gasteiger partial charge in [0.1, 0.15) is 0 Å². The van der Waals surface area contributed by atoms with Gasteiger partial charge in [-0.2, -0.15) is 4.39 Å². The second-order valence-corrected chi connectivity index (χ2v) is 5.35. The van der Waals surface area contributed by atoms with Crippen molar-refractivity contribution in [1.82, 2.24) is 9.88 Å². The van der Waals surface area contributed by atoms with Crippen molar-refractivity contribution in [2.24, 2.45) is 0 Å². The van der Waals surface area contributed by atoms with Crippen LogP contribution in [0.4, 0.5) is 4.39 Å². The molecule has 3 rings (SSSR count). The van der Waals surface area contributed by atoms with E-state index in [1.165, 1.54) is 23.9 Å². The third kappa shape index (κ3) is 3.10. The normalized spacial score (nSPS) is 16.0. The van der Waals surface area contributed by atoms with Gasteiger partial charge in [0, 0.05) is 19.3 Å². The number of carbonyl (C=O) groups is 1. The Kier molecular flexibility index (Phi) is 3.95. The summed E-state index contributed by atoms with van der Waals surface area (Å²) in [4.78, 5) is 17.7.